The number of halogens is 1. The second kappa shape index (κ2) is 9.44. The number of H-pyrrole nitrogens is 1. The van der Waals surface area contributed by atoms with Crippen LogP contribution < -0.4 is 16.2 Å². The van der Waals surface area contributed by atoms with Crippen LogP contribution in [0, 0.1) is 0 Å². The Hall–Kier alpha value is -3.65. The molecule has 3 rings (SSSR count). The van der Waals surface area contributed by atoms with Gasteiger partial charge in [-0.25, -0.2) is 0 Å². The number of nitrogens with one attached hydrogen (secondary N) is 3. The maximum absolute atomic E-state index is 12.8. The van der Waals surface area contributed by atoms with Gasteiger partial charge in [0.05, 0.1) is 0 Å². The molecule has 0 fully saturated rings. The molecule has 31 heavy (non-hydrogen) atoms. The maximum atomic E-state index is 12.8. The van der Waals surface area contributed by atoms with E-state index in [4.69, 9.17) is 16.7 Å². The van der Waals surface area contributed by atoms with Gasteiger partial charge in [0.2, 0.25) is 11.5 Å². The number of para-hydroxylation sites is 1. The molecule has 1 heterocycles. The first-order valence-corrected chi connectivity index (χ1v) is 9.83. The molecule has 0 bridgehead atoms. The van der Waals surface area contributed by atoms with E-state index in [0.29, 0.717) is 21.5 Å². The molecule has 2 atom stereocenters. The lowest BCUT2D eigenvalue weighted by molar-refractivity contribution is -0.141. The lowest BCUT2D eigenvalue weighted by atomic mass is 10.0. The fourth-order valence-electron chi connectivity index (χ4n) is 3.09. The predicted molar refractivity (Wildman–Crippen MR) is 116 cm³/mol. The minimum Gasteiger partial charge on any atom is -0.480 e. The molecule has 0 saturated heterocycles. The number of amides is 2. The third-order valence-electron chi connectivity index (χ3n) is 4.72. The Morgan fingerprint density at radius 2 is 1.74 bits per heavy atom. The van der Waals surface area contributed by atoms with Crippen LogP contribution in [0.3, 0.4) is 0 Å². The third kappa shape index (κ3) is 5.49. The van der Waals surface area contributed by atoms with Crippen molar-refractivity contribution in [1.82, 2.24) is 15.6 Å². The number of carbonyl (C=O) groups is 3. The average molecular weight is 442 g/mol. The molecule has 1 aromatic heterocycles. The van der Waals surface area contributed by atoms with Crippen LogP contribution in [0.15, 0.2) is 59.4 Å². The van der Waals surface area contributed by atoms with Gasteiger partial charge in [0.25, 0.3) is 5.91 Å². The first-order chi connectivity index (χ1) is 14.7. The standard InChI is InChI=1S/C22H20ClN3O5/c1-12(22(30)31)24-21(29)18(26-20(28)13-6-8-15(23)9-7-13)10-14-11-19(27)25-17-5-3-2-4-16(14)17/h2-9,11-12,18H,10H2,1H3,(H,24,29)(H,25,27)(H,26,28)(H,30,31)/t12-,18?/m1/s1. The number of fused-ring (bicyclic) bond motifs is 1. The van der Waals surface area contributed by atoms with Crippen molar-refractivity contribution in [3.05, 3.63) is 81.1 Å². The van der Waals surface area contributed by atoms with E-state index in [1.54, 1.807) is 36.4 Å². The monoisotopic (exact) mass is 441 g/mol. The van der Waals surface area contributed by atoms with Crippen LogP contribution in [0.4, 0.5) is 0 Å². The second-order valence-corrected chi connectivity index (χ2v) is 7.45. The number of hydrogen-bond acceptors (Lipinski definition) is 4. The molecular weight excluding hydrogens is 422 g/mol. The lowest BCUT2D eigenvalue weighted by Gasteiger charge is -2.21. The van der Waals surface area contributed by atoms with Crippen LogP contribution >= 0.6 is 11.6 Å². The zero-order valence-electron chi connectivity index (χ0n) is 16.5. The number of aromatic amines is 1. The Morgan fingerprint density at radius 1 is 1.06 bits per heavy atom. The van der Waals surface area contributed by atoms with Gasteiger partial charge in [0, 0.05) is 34.0 Å². The number of aliphatic carboxylic acids is 1. The van der Waals surface area contributed by atoms with E-state index < -0.39 is 29.9 Å². The largest absolute Gasteiger partial charge is 0.480 e. The van der Waals surface area contributed by atoms with Gasteiger partial charge in [-0.05, 0) is 42.8 Å². The molecular formula is C22H20ClN3O5. The van der Waals surface area contributed by atoms with Gasteiger partial charge in [-0.1, -0.05) is 29.8 Å². The summed E-state index contributed by atoms with van der Waals surface area (Å²) in [4.78, 5) is 51.4. The van der Waals surface area contributed by atoms with E-state index in [-0.39, 0.29) is 17.5 Å². The summed E-state index contributed by atoms with van der Waals surface area (Å²) in [6.07, 6.45) is -0.0120. The fraction of sp³-hybridized carbons (Fsp3) is 0.182. The molecule has 2 aromatic carbocycles. The molecule has 8 nitrogen and oxygen atoms in total. The quantitative estimate of drug-likeness (QED) is 0.446. The third-order valence-corrected chi connectivity index (χ3v) is 4.97. The van der Waals surface area contributed by atoms with Crippen molar-refractivity contribution < 1.29 is 19.5 Å². The first-order valence-electron chi connectivity index (χ1n) is 9.45. The first kappa shape index (κ1) is 22.0. The Morgan fingerprint density at radius 3 is 2.42 bits per heavy atom. The fourth-order valence-corrected chi connectivity index (χ4v) is 3.22. The Bertz CT molecular complexity index is 1190. The highest BCUT2D eigenvalue weighted by Gasteiger charge is 2.26. The van der Waals surface area contributed by atoms with E-state index in [1.807, 2.05) is 0 Å². The summed E-state index contributed by atoms with van der Waals surface area (Å²) in [5, 5.41) is 15.3. The average Bonchev–Trinajstić information content (AvgIpc) is 2.73. The number of benzene rings is 2. The highest BCUT2D eigenvalue weighted by Crippen LogP contribution is 2.17. The van der Waals surface area contributed by atoms with Crippen molar-refractivity contribution in [3.8, 4) is 0 Å². The Kier molecular flexibility index (Phi) is 6.71. The Labute approximate surface area is 182 Å². The minimum absolute atomic E-state index is 0.0120. The van der Waals surface area contributed by atoms with Gasteiger partial charge in [-0.2, -0.15) is 0 Å². The molecule has 0 saturated carbocycles. The number of carboxylic acid groups (broad SMARTS) is 1. The smallest absolute Gasteiger partial charge is 0.325 e. The zero-order valence-corrected chi connectivity index (χ0v) is 17.3. The van der Waals surface area contributed by atoms with E-state index >= 15 is 0 Å². The molecule has 0 aliphatic heterocycles. The van der Waals surface area contributed by atoms with Crippen LogP contribution in [0.5, 0.6) is 0 Å². The normalized spacial score (nSPS) is 12.7. The maximum Gasteiger partial charge on any atom is 0.325 e. The van der Waals surface area contributed by atoms with Crippen molar-refractivity contribution in [2.45, 2.75) is 25.4 Å². The SMILES string of the molecule is C[C@@H](NC(=O)C(Cc1cc(=O)[nH]c2ccccc12)NC(=O)c1ccc(Cl)cc1)C(=O)O. The van der Waals surface area contributed by atoms with Gasteiger partial charge < -0.3 is 20.7 Å². The second-order valence-electron chi connectivity index (χ2n) is 7.01. The van der Waals surface area contributed by atoms with Crippen LogP contribution in [0.2, 0.25) is 5.02 Å². The van der Waals surface area contributed by atoms with E-state index in [2.05, 4.69) is 15.6 Å². The topological polar surface area (TPSA) is 128 Å². The van der Waals surface area contributed by atoms with Gasteiger partial charge in [0.15, 0.2) is 0 Å². The molecule has 0 spiro atoms. The Balaban J connectivity index is 1.93. The van der Waals surface area contributed by atoms with Crippen molar-refractivity contribution in [3.63, 3.8) is 0 Å². The summed E-state index contributed by atoms with van der Waals surface area (Å²) < 4.78 is 0. The van der Waals surface area contributed by atoms with Crippen molar-refractivity contribution in [2.75, 3.05) is 0 Å². The van der Waals surface area contributed by atoms with Crippen molar-refractivity contribution in [1.29, 1.82) is 0 Å². The molecule has 160 valence electrons. The van der Waals surface area contributed by atoms with Crippen molar-refractivity contribution in [2.24, 2.45) is 0 Å². The number of aromatic nitrogens is 1. The van der Waals surface area contributed by atoms with Crippen LogP contribution in [0.25, 0.3) is 10.9 Å². The number of carbonyl (C=O) groups excluding carboxylic acids is 2. The summed E-state index contributed by atoms with van der Waals surface area (Å²) in [5.74, 6) is -2.42. The molecule has 0 aliphatic rings. The van der Waals surface area contributed by atoms with E-state index in [0.717, 1.165) is 0 Å². The molecule has 0 radical (unpaired) electrons. The van der Waals surface area contributed by atoms with Gasteiger partial charge >= 0.3 is 5.97 Å². The number of hydrogen-bond donors (Lipinski definition) is 4. The number of pyridine rings is 1. The summed E-state index contributed by atoms with van der Waals surface area (Å²) in [6.45, 7) is 1.32. The van der Waals surface area contributed by atoms with Crippen molar-refractivity contribution >= 4 is 40.3 Å². The minimum atomic E-state index is -1.21. The predicted octanol–water partition coefficient (Wildman–Crippen LogP) is 2.11. The molecule has 1 unspecified atom stereocenters. The zero-order chi connectivity index (χ0) is 22.5. The molecule has 2 amide bonds. The van der Waals surface area contributed by atoms with Gasteiger partial charge in [-0.15, -0.1) is 0 Å². The van der Waals surface area contributed by atoms with Crippen LogP contribution in [-0.2, 0) is 16.0 Å². The summed E-state index contributed by atoms with van der Waals surface area (Å²) in [6, 6.07) is 12.3. The van der Waals surface area contributed by atoms with Crippen LogP contribution in [0.1, 0.15) is 22.8 Å². The van der Waals surface area contributed by atoms with Gasteiger partial charge in [-0.3, -0.25) is 19.2 Å². The number of carboxylic acids is 1. The van der Waals surface area contributed by atoms with Gasteiger partial charge in [0.1, 0.15) is 12.1 Å². The van der Waals surface area contributed by atoms with E-state index in [1.165, 1.54) is 25.1 Å². The molecule has 4 N–H and O–H groups in total. The lowest BCUT2D eigenvalue weighted by Crippen LogP contribution is -2.51. The van der Waals surface area contributed by atoms with E-state index in [9.17, 15) is 19.2 Å². The summed E-state index contributed by atoms with van der Waals surface area (Å²) >= 11 is 5.85. The summed E-state index contributed by atoms with van der Waals surface area (Å²) in [5.41, 5.74) is 1.06. The number of rotatable bonds is 7. The molecule has 0 aliphatic carbocycles. The highest BCUT2D eigenvalue weighted by atomic mass is 35.5. The molecule has 3 aromatic rings. The molecule has 9 heteroatoms. The highest BCUT2D eigenvalue weighted by molar-refractivity contribution is 6.30. The summed E-state index contributed by atoms with van der Waals surface area (Å²) in [7, 11) is 0. The van der Waals surface area contributed by atoms with Crippen LogP contribution in [-0.4, -0.2) is 40.0 Å².